The Kier molecular flexibility index (Phi) is 6.50. The smallest absolute Gasteiger partial charge is 0.409 e. The standard InChI is InChI=1S/C17H21N3O5/c1-25-17(22)19-10-8-14(9-11-19)12-18-16(21)7-4-13-2-5-15(6-3-13)20(23)24/h2-7,14H,8-12H2,1H3,(H,18,21)/b7-4+. The van der Waals surface area contributed by atoms with E-state index < -0.39 is 4.92 Å². The average Bonchev–Trinajstić information content (AvgIpc) is 2.64. The van der Waals surface area contributed by atoms with Gasteiger partial charge in [-0.3, -0.25) is 14.9 Å². The number of hydrogen-bond donors (Lipinski definition) is 1. The van der Waals surface area contributed by atoms with Crippen LogP contribution in [0.2, 0.25) is 0 Å². The van der Waals surface area contributed by atoms with Gasteiger partial charge in [-0.25, -0.2) is 4.79 Å². The SMILES string of the molecule is COC(=O)N1CCC(CNC(=O)/C=C/c2ccc([N+](=O)[O-])cc2)CC1. The van der Waals surface area contributed by atoms with E-state index in [4.69, 9.17) is 0 Å². The first-order valence-corrected chi connectivity index (χ1v) is 8.03. The Morgan fingerprint density at radius 2 is 1.96 bits per heavy atom. The summed E-state index contributed by atoms with van der Waals surface area (Å²) in [5.41, 5.74) is 0.729. The largest absolute Gasteiger partial charge is 0.453 e. The van der Waals surface area contributed by atoms with E-state index in [2.05, 4.69) is 10.1 Å². The molecule has 1 fully saturated rings. The molecule has 0 spiro atoms. The molecule has 1 aromatic carbocycles. The molecule has 0 aromatic heterocycles. The number of nitro benzene ring substituents is 1. The Morgan fingerprint density at radius 3 is 2.52 bits per heavy atom. The van der Waals surface area contributed by atoms with Crippen molar-refractivity contribution in [2.75, 3.05) is 26.7 Å². The first kappa shape index (κ1) is 18.4. The minimum absolute atomic E-state index is 0.0138. The zero-order valence-corrected chi connectivity index (χ0v) is 14.0. The average molecular weight is 347 g/mol. The number of non-ortho nitro benzene ring substituents is 1. The molecule has 8 nitrogen and oxygen atoms in total. The third-order valence-electron chi connectivity index (χ3n) is 4.14. The minimum Gasteiger partial charge on any atom is -0.453 e. The molecule has 0 aliphatic carbocycles. The molecule has 8 heteroatoms. The van der Waals surface area contributed by atoms with E-state index in [0.29, 0.717) is 31.1 Å². The number of rotatable bonds is 5. The van der Waals surface area contributed by atoms with Gasteiger partial charge in [0.15, 0.2) is 0 Å². The molecule has 1 aromatic rings. The van der Waals surface area contributed by atoms with Crippen molar-refractivity contribution in [1.29, 1.82) is 0 Å². The highest BCUT2D eigenvalue weighted by Crippen LogP contribution is 2.17. The number of nitro groups is 1. The van der Waals surface area contributed by atoms with Crippen molar-refractivity contribution < 1.29 is 19.2 Å². The zero-order chi connectivity index (χ0) is 18.2. The number of carbonyl (C=O) groups is 2. The van der Waals surface area contributed by atoms with Crippen LogP contribution in [-0.4, -0.2) is 48.6 Å². The first-order chi connectivity index (χ1) is 12.0. The van der Waals surface area contributed by atoms with Gasteiger partial charge in [0.2, 0.25) is 5.91 Å². The fourth-order valence-corrected chi connectivity index (χ4v) is 2.63. The minimum atomic E-state index is -0.467. The molecule has 0 radical (unpaired) electrons. The summed E-state index contributed by atoms with van der Waals surface area (Å²) in [6.07, 6.45) is 4.35. The van der Waals surface area contributed by atoms with Crippen LogP contribution in [0.5, 0.6) is 0 Å². The molecule has 134 valence electrons. The third kappa shape index (κ3) is 5.59. The molecule has 0 atom stereocenters. The number of benzene rings is 1. The number of methoxy groups -OCH3 is 1. The molecule has 0 bridgehead atoms. The van der Waals surface area contributed by atoms with Gasteiger partial charge in [-0.05, 0) is 42.5 Å². The Morgan fingerprint density at radius 1 is 1.32 bits per heavy atom. The number of ether oxygens (including phenoxy) is 1. The van der Waals surface area contributed by atoms with Crippen molar-refractivity contribution in [2.45, 2.75) is 12.8 Å². The zero-order valence-electron chi connectivity index (χ0n) is 14.0. The molecule has 2 amide bonds. The highest BCUT2D eigenvalue weighted by molar-refractivity contribution is 5.91. The molecule has 1 heterocycles. The quantitative estimate of drug-likeness (QED) is 0.500. The van der Waals surface area contributed by atoms with Gasteiger partial charge in [0.05, 0.1) is 12.0 Å². The van der Waals surface area contributed by atoms with Gasteiger partial charge >= 0.3 is 6.09 Å². The normalized spacial score (nSPS) is 15.2. The summed E-state index contributed by atoms with van der Waals surface area (Å²) < 4.78 is 4.69. The number of amides is 2. The van der Waals surface area contributed by atoms with Crippen LogP contribution in [0, 0.1) is 16.0 Å². The highest BCUT2D eigenvalue weighted by Gasteiger charge is 2.23. The van der Waals surface area contributed by atoms with Crippen molar-refractivity contribution in [3.8, 4) is 0 Å². The van der Waals surface area contributed by atoms with E-state index in [-0.39, 0.29) is 17.7 Å². The lowest BCUT2D eigenvalue weighted by Crippen LogP contribution is -2.41. The van der Waals surface area contributed by atoms with Crippen LogP contribution in [0.15, 0.2) is 30.3 Å². The Hall–Kier alpha value is -2.90. The van der Waals surface area contributed by atoms with Crippen molar-refractivity contribution >= 4 is 23.8 Å². The second kappa shape index (κ2) is 8.81. The first-order valence-electron chi connectivity index (χ1n) is 8.03. The molecule has 25 heavy (non-hydrogen) atoms. The maximum Gasteiger partial charge on any atom is 0.409 e. The van der Waals surface area contributed by atoms with Crippen LogP contribution in [0.4, 0.5) is 10.5 Å². The predicted molar refractivity (Wildman–Crippen MR) is 91.8 cm³/mol. The van der Waals surface area contributed by atoms with Crippen LogP contribution in [0.25, 0.3) is 6.08 Å². The molecule has 1 aliphatic rings. The number of nitrogens with one attached hydrogen (secondary N) is 1. The fourth-order valence-electron chi connectivity index (χ4n) is 2.63. The Labute approximate surface area is 145 Å². The number of nitrogens with zero attached hydrogens (tertiary/aromatic N) is 2. The van der Waals surface area contributed by atoms with Crippen LogP contribution in [-0.2, 0) is 9.53 Å². The number of piperidine rings is 1. The number of likely N-dealkylation sites (tertiary alicyclic amines) is 1. The van der Waals surface area contributed by atoms with Gasteiger partial charge in [-0.2, -0.15) is 0 Å². The van der Waals surface area contributed by atoms with Crippen LogP contribution < -0.4 is 5.32 Å². The maximum atomic E-state index is 11.9. The van der Waals surface area contributed by atoms with E-state index in [0.717, 1.165) is 12.8 Å². The molecule has 0 saturated carbocycles. The van der Waals surface area contributed by atoms with E-state index >= 15 is 0 Å². The van der Waals surface area contributed by atoms with E-state index in [1.165, 1.54) is 25.3 Å². The number of hydrogen-bond acceptors (Lipinski definition) is 5. The molecule has 1 N–H and O–H groups in total. The lowest BCUT2D eigenvalue weighted by atomic mass is 9.97. The topological polar surface area (TPSA) is 102 Å². The van der Waals surface area contributed by atoms with Crippen LogP contribution in [0.1, 0.15) is 18.4 Å². The predicted octanol–water partition coefficient (Wildman–Crippen LogP) is 2.20. The summed E-state index contributed by atoms with van der Waals surface area (Å²) in [7, 11) is 1.37. The highest BCUT2D eigenvalue weighted by atomic mass is 16.6. The summed E-state index contributed by atoms with van der Waals surface area (Å²) in [6.45, 7) is 1.82. The second-order valence-corrected chi connectivity index (χ2v) is 5.83. The molecule has 1 aliphatic heterocycles. The fraction of sp³-hybridized carbons (Fsp3) is 0.412. The number of carbonyl (C=O) groups excluding carboxylic acids is 2. The van der Waals surface area contributed by atoms with E-state index in [1.54, 1.807) is 23.1 Å². The summed E-state index contributed by atoms with van der Waals surface area (Å²) in [4.78, 5) is 35.0. The van der Waals surface area contributed by atoms with E-state index in [9.17, 15) is 19.7 Å². The van der Waals surface area contributed by atoms with Crippen molar-refractivity contribution in [3.05, 3.63) is 46.0 Å². The second-order valence-electron chi connectivity index (χ2n) is 5.83. The Bertz CT molecular complexity index is 649. The third-order valence-corrected chi connectivity index (χ3v) is 4.14. The van der Waals surface area contributed by atoms with Gasteiger partial charge in [0, 0.05) is 37.8 Å². The van der Waals surface area contributed by atoms with Gasteiger partial charge in [0.25, 0.3) is 5.69 Å². The summed E-state index contributed by atoms with van der Waals surface area (Å²) in [5, 5.41) is 13.4. The monoisotopic (exact) mass is 347 g/mol. The summed E-state index contributed by atoms with van der Waals surface area (Å²) >= 11 is 0. The van der Waals surface area contributed by atoms with E-state index in [1.807, 2.05) is 0 Å². The lowest BCUT2D eigenvalue weighted by Gasteiger charge is -2.30. The molecular weight excluding hydrogens is 326 g/mol. The molecular formula is C17H21N3O5. The Balaban J connectivity index is 1.74. The summed E-state index contributed by atoms with van der Waals surface area (Å²) in [6, 6.07) is 5.97. The van der Waals surface area contributed by atoms with Gasteiger partial charge in [-0.15, -0.1) is 0 Å². The molecule has 2 rings (SSSR count). The van der Waals surface area contributed by atoms with Gasteiger partial charge in [0.1, 0.15) is 0 Å². The van der Waals surface area contributed by atoms with Gasteiger partial charge in [-0.1, -0.05) is 0 Å². The molecule has 0 unspecified atom stereocenters. The summed E-state index contributed by atoms with van der Waals surface area (Å²) in [5.74, 6) is 0.117. The van der Waals surface area contributed by atoms with Crippen LogP contribution >= 0.6 is 0 Å². The lowest BCUT2D eigenvalue weighted by molar-refractivity contribution is -0.384. The van der Waals surface area contributed by atoms with Crippen molar-refractivity contribution in [2.24, 2.45) is 5.92 Å². The van der Waals surface area contributed by atoms with Gasteiger partial charge < -0.3 is 15.0 Å². The molecule has 1 saturated heterocycles. The van der Waals surface area contributed by atoms with Crippen LogP contribution in [0.3, 0.4) is 0 Å². The van der Waals surface area contributed by atoms with Crippen molar-refractivity contribution in [3.63, 3.8) is 0 Å². The maximum absolute atomic E-state index is 11.9. The van der Waals surface area contributed by atoms with Crippen molar-refractivity contribution in [1.82, 2.24) is 10.2 Å².